The molecule has 0 saturated heterocycles. The molecule has 1 N–H and O–H groups in total. The van der Waals surface area contributed by atoms with E-state index in [1.807, 2.05) is 38.1 Å². The fourth-order valence-electron chi connectivity index (χ4n) is 3.08. The van der Waals surface area contributed by atoms with Crippen LogP contribution < -0.4 is 14.8 Å². The van der Waals surface area contributed by atoms with E-state index in [9.17, 15) is 4.79 Å². The summed E-state index contributed by atoms with van der Waals surface area (Å²) in [5.41, 5.74) is 3.71. The highest BCUT2D eigenvalue weighted by molar-refractivity contribution is 6.00. The van der Waals surface area contributed by atoms with Gasteiger partial charge in [0.05, 0.1) is 20.8 Å². The molecule has 5 heteroatoms. The average Bonchev–Trinajstić information content (AvgIpc) is 2.86. The number of hydrogen-bond acceptors (Lipinski definition) is 4. The van der Waals surface area contributed by atoms with Gasteiger partial charge in [-0.3, -0.25) is 4.79 Å². The minimum atomic E-state index is 0.0739. The monoisotopic (exact) mass is 330 g/mol. The molecule has 5 nitrogen and oxygen atoms in total. The second-order valence-electron chi connectivity index (χ2n) is 6.10. The van der Waals surface area contributed by atoms with Crippen LogP contribution in [0, 0.1) is 13.8 Å². The maximum atomic E-state index is 12.6. The zero-order valence-corrected chi connectivity index (χ0v) is 15.3. The Morgan fingerprint density at radius 3 is 2.33 bits per heavy atom. The van der Waals surface area contributed by atoms with Crippen LogP contribution in [0.3, 0.4) is 0 Å². The van der Waals surface area contributed by atoms with Crippen molar-refractivity contribution in [2.45, 2.75) is 33.7 Å². The number of hydrogen-bond donors (Lipinski definition) is 1. The first-order valence-corrected chi connectivity index (χ1v) is 8.06. The molecule has 0 radical (unpaired) electrons. The quantitative estimate of drug-likeness (QED) is 0.780. The van der Waals surface area contributed by atoms with E-state index in [4.69, 9.17) is 9.47 Å². The number of aromatic nitrogens is 1. The van der Waals surface area contributed by atoms with E-state index in [-0.39, 0.29) is 12.3 Å². The van der Waals surface area contributed by atoms with Crippen molar-refractivity contribution in [2.24, 2.45) is 0 Å². The molecule has 0 fully saturated rings. The summed E-state index contributed by atoms with van der Waals surface area (Å²) in [6.45, 7) is 8.51. The van der Waals surface area contributed by atoms with Crippen LogP contribution in [0.4, 0.5) is 5.69 Å². The fraction of sp³-hybridized carbons (Fsp3) is 0.421. The van der Waals surface area contributed by atoms with Crippen LogP contribution in [0.2, 0.25) is 0 Å². The molecule has 0 atom stereocenters. The number of Topliss-reactive ketones (excluding diaryl/α,β-unsaturated/α-hetero) is 1. The number of aryl methyl sites for hydroxylation is 1. The van der Waals surface area contributed by atoms with Crippen LogP contribution in [0.5, 0.6) is 11.5 Å². The van der Waals surface area contributed by atoms with E-state index in [0.29, 0.717) is 17.5 Å². The number of methoxy groups -OCH3 is 2. The van der Waals surface area contributed by atoms with Gasteiger partial charge in [0.1, 0.15) is 0 Å². The van der Waals surface area contributed by atoms with Gasteiger partial charge in [-0.1, -0.05) is 0 Å². The van der Waals surface area contributed by atoms with E-state index >= 15 is 0 Å². The zero-order chi connectivity index (χ0) is 17.9. The normalized spacial score (nSPS) is 10.8. The number of rotatable bonds is 7. The SMILES string of the molecule is COc1ccc(NCC(=O)c2cc(C)n(C(C)C)c2C)cc1OC. The molecule has 0 amide bonds. The first kappa shape index (κ1) is 17.9. The number of ketones is 1. The predicted octanol–water partition coefficient (Wildman–Crippen LogP) is 4.00. The highest BCUT2D eigenvalue weighted by Crippen LogP contribution is 2.29. The molecule has 0 bridgehead atoms. The van der Waals surface area contributed by atoms with Crippen molar-refractivity contribution in [2.75, 3.05) is 26.1 Å². The first-order chi connectivity index (χ1) is 11.4. The lowest BCUT2D eigenvalue weighted by Crippen LogP contribution is -2.15. The van der Waals surface area contributed by atoms with E-state index in [0.717, 1.165) is 22.6 Å². The third kappa shape index (κ3) is 3.55. The Balaban J connectivity index is 2.13. The summed E-state index contributed by atoms with van der Waals surface area (Å²) in [6.07, 6.45) is 0. The molecule has 130 valence electrons. The van der Waals surface area contributed by atoms with E-state index in [2.05, 4.69) is 23.7 Å². The van der Waals surface area contributed by atoms with Crippen molar-refractivity contribution in [1.82, 2.24) is 4.57 Å². The number of carbonyl (C=O) groups excluding carboxylic acids is 1. The number of ether oxygens (including phenoxy) is 2. The van der Waals surface area contributed by atoms with Crippen LogP contribution in [-0.2, 0) is 0 Å². The van der Waals surface area contributed by atoms with Gasteiger partial charge in [-0.15, -0.1) is 0 Å². The minimum Gasteiger partial charge on any atom is -0.493 e. The Labute approximate surface area is 143 Å². The lowest BCUT2D eigenvalue weighted by molar-refractivity contribution is 0.101. The van der Waals surface area contributed by atoms with E-state index in [1.54, 1.807) is 14.2 Å². The molecular formula is C19H26N2O3. The average molecular weight is 330 g/mol. The van der Waals surface area contributed by atoms with Gasteiger partial charge in [0, 0.05) is 34.7 Å². The van der Waals surface area contributed by atoms with Gasteiger partial charge in [-0.2, -0.15) is 0 Å². The summed E-state index contributed by atoms with van der Waals surface area (Å²) in [5.74, 6) is 1.37. The number of benzene rings is 1. The van der Waals surface area contributed by atoms with Crippen LogP contribution in [0.15, 0.2) is 24.3 Å². The predicted molar refractivity (Wildman–Crippen MR) is 96.7 cm³/mol. The Morgan fingerprint density at radius 1 is 1.12 bits per heavy atom. The molecule has 0 spiro atoms. The third-order valence-corrected chi connectivity index (χ3v) is 4.14. The molecule has 1 aromatic heterocycles. The van der Waals surface area contributed by atoms with E-state index in [1.165, 1.54) is 0 Å². The van der Waals surface area contributed by atoms with E-state index < -0.39 is 0 Å². The van der Waals surface area contributed by atoms with Crippen molar-refractivity contribution in [3.63, 3.8) is 0 Å². The smallest absolute Gasteiger partial charge is 0.183 e. The summed E-state index contributed by atoms with van der Waals surface area (Å²) in [4.78, 5) is 12.6. The van der Waals surface area contributed by atoms with Crippen molar-refractivity contribution in [1.29, 1.82) is 0 Å². The van der Waals surface area contributed by atoms with Gasteiger partial charge >= 0.3 is 0 Å². The summed E-state index contributed by atoms with van der Waals surface area (Å²) in [7, 11) is 3.19. The van der Waals surface area contributed by atoms with Crippen molar-refractivity contribution >= 4 is 11.5 Å². The molecule has 2 rings (SSSR count). The van der Waals surface area contributed by atoms with Crippen molar-refractivity contribution < 1.29 is 14.3 Å². The molecule has 0 saturated carbocycles. The summed E-state index contributed by atoms with van der Waals surface area (Å²) >= 11 is 0. The standard InChI is InChI=1S/C19H26N2O3/c1-12(2)21-13(3)9-16(14(21)4)17(22)11-20-15-7-8-18(23-5)19(10-15)24-6/h7-10,12,20H,11H2,1-6H3. The largest absolute Gasteiger partial charge is 0.493 e. The molecule has 0 aliphatic carbocycles. The zero-order valence-electron chi connectivity index (χ0n) is 15.3. The van der Waals surface area contributed by atoms with Crippen LogP contribution >= 0.6 is 0 Å². The molecule has 1 aromatic carbocycles. The topological polar surface area (TPSA) is 52.5 Å². The molecule has 1 heterocycles. The third-order valence-electron chi connectivity index (χ3n) is 4.14. The molecule has 2 aromatic rings. The summed E-state index contributed by atoms with van der Waals surface area (Å²) in [6, 6.07) is 7.81. The Bertz CT molecular complexity index is 732. The number of nitrogens with zero attached hydrogens (tertiary/aromatic N) is 1. The van der Waals surface area contributed by atoms with Crippen LogP contribution in [0.25, 0.3) is 0 Å². The number of nitrogens with one attached hydrogen (secondary N) is 1. The molecule has 0 aliphatic heterocycles. The highest BCUT2D eigenvalue weighted by atomic mass is 16.5. The highest BCUT2D eigenvalue weighted by Gasteiger charge is 2.17. The first-order valence-electron chi connectivity index (χ1n) is 8.06. The maximum Gasteiger partial charge on any atom is 0.183 e. The Morgan fingerprint density at radius 2 is 1.79 bits per heavy atom. The van der Waals surface area contributed by atoms with Gasteiger partial charge in [0.25, 0.3) is 0 Å². The van der Waals surface area contributed by atoms with Crippen LogP contribution in [0.1, 0.15) is 41.6 Å². The number of carbonyl (C=O) groups is 1. The summed E-state index contributed by atoms with van der Waals surface area (Å²) < 4.78 is 12.7. The number of anilines is 1. The van der Waals surface area contributed by atoms with Gasteiger partial charge < -0.3 is 19.4 Å². The molecule has 24 heavy (non-hydrogen) atoms. The van der Waals surface area contributed by atoms with Crippen molar-refractivity contribution in [3.8, 4) is 11.5 Å². The van der Waals surface area contributed by atoms with Gasteiger partial charge in [0.2, 0.25) is 0 Å². The Hall–Kier alpha value is -2.43. The van der Waals surface area contributed by atoms with Gasteiger partial charge in [0.15, 0.2) is 17.3 Å². The lowest BCUT2D eigenvalue weighted by Gasteiger charge is -2.14. The fourth-order valence-corrected chi connectivity index (χ4v) is 3.08. The van der Waals surface area contributed by atoms with Crippen LogP contribution in [-0.4, -0.2) is 31.1 Å². The second-order valence-corrected chi connectivity index (χ2v) is 6.10. The Kier molecular flexibility index (Phi) is 5.54. The van der Waals surface area contributed by atoms with Crippen molar-refractivity contribution in [3.05, 3.63) is 41.2 Å². The second kappa shape index (κ2) is 7.43. The molecular weight excluding hydrogens is 304 g/mol. The van der Waals surface area contributed by atoms with Gasteiger partial charge in [-0.25, -0.2) is 0 Å². The maximum absolute atomic E-state index is 12.6. The lowest BCUT2D eigenvalue weighted by atomic mass is 10.1. The molecule has 0 aliphatic rings. The van der Waals surface area contributed by atoms with Gasteiger partial charge in [-0.05, 0) is 45.9 Å². The summed E-state index contributed by atoms with van der Waals surface area (Å²) in [5, 5.41) is 3.16. The molecule has 0 unspecified atom stereocenters. The minimum absolute atomic E-state index is 0.0739.